The molecule has 1 heterocycles. The topological polar surface area (TPSA) is 22.1 Å². The van der Waals surface area contributed by atoms with Gasteiger partial charge in [-0.2, -0.15) is 0 Å². The maximum Gasteiger partial charge on any atom is 0.191 e. The molecule has 1 aromatic carbocycles. The fraction of sp³-hybridized carbons (Fsp3) is 0.182. The molecule has 14 heavy (non-hydrogen) atoms. The van der Waals surface area contributed by atoms with Crippen LogP contribution in [-0.4, -0.2) is 12.1 Å². The Bertz CT molecular complexity index is 482. The van der Waals surface area contributed by atoms with Crippen LogP contribution in [0.5, 0.6) is 5.75 Å². The van der Waals surface area contributed by atoms with Gasteiger partial charge in [0.1, 0.15) is 5.52 Å². The second kappa shape index (κ2) is 3.25. The van der Waals surface area contributed by atoms with Gasteiger partial charge in [-0.15, -0.1) is 0 Å². The number of aromatic nitrogens is 1. The van der Waals surface area contributed by atoms with Crippen molar-refractivity contribution < 1.29 is 9.13 Å². The molecule has 2 rings (SSSR count). The highest BCUT2D eigenvalue weighted by Gasteiger charge is 2.08. The van der Waals surface area contributed by atoms with E-state index in [2.05, 4.69) is 4.98 Å². The van der Waals surface area contributed by atoms with Crippen molar-refractivity contribution in [3.63, 3.8) is 0 Å². The van der Waals surface area contributed by atoms with Crippen LogP contribution in [0, 0.1) is 12.7 Å². The molecule has 1 aromatic heterocycles. The van der Waals surface area contributed by atoms with Crippen molar-refractivity contribution in [2.24, 2.45) is 0 Å². The average Bonchev–Trinajstić information content (AvgIpc) is 2.20. The van der Waals surface area contributed by atoms with E-state index < -0.39 is 5.82 Å². The molecule has 0 aliphatic rings. The number of ether oxygens (including phenoxy) is 1. The summed E-state index contributed by atoms with van der Waals surface area (Å²) in [5, 5.41) is 0.786. The van der Waals surface area contributed by atoms with Gasteiger partial charge in [-0.1, -0.05) is 6.07 Å². The molecular weight excluding hydrogens is 181 g/mol. The number of halogens is 1. The Morgan fingerprint density at radius 3 is 2.64 bits per heavy atom. The number of benzene rings is 1. The zero-order valence-electron chi connectivity index (χ0n) is 8.04. The second-order valence-electron chi connectivity index (χ2n) is 3.11. The molecule has 0 fully saturated rings. The van der Waals surface area contributed by atoms with Crippen LogP contribution in [-0.2, 0) is 0 Å². The average molecular weight is 191 g/mol. The number of nitrogens with zero attached hydrogens (tertiary/aromatic N) is 1. The number of pyridine rings is 1. The van der Waals surface area contributed by atoms with Crippen LogP contribution < -0.4 is 4.74 Å². The van der Waals surface area contributed by atoms with E-state index in [4.69, 9.17) is 4.74 Å². The molecule has 0 aliphatic heterocycles. The summed E-state index contributed by atoms with van der Waals surface area (Å²) in [6, 6.07) is 7.10. The summed E-state index contributed by atoms with van der Waals surface area (Å²) in [6.07, 6.45) is 0. The van der Waals surface area contributed by atoms with Gasteiger partial charge in [-0.25, -0.2) is 9.37 Å². The predicted octanol–water partition coefficient (Wildman–Crippen LogP) is 2.69. The lowest BCUT2D eigenvalue weighted by atomic mass is 10.2. The summed E-state index contributed by atoms with van der Waals surface area (Å²) in [5.41, 5.74) is 1.16. The lowest BCUT2D eigenvalue weighted by molar-refractivity contribution is 0.388. The molecule has 0 bridgehead atoms. The van der Waals surface area contributed by atoms with E-state index in [1.54, 1.807) is 12.1 Å². The molecule has 0 N–H and O–H groups in total. The number of rotatable bonds is 1. The molecule has 0 atom stereocenters. The highest BCUT2D eigenvalue weighted by atomic mass is 19.1. The van der Waals surface area contributed by atoms with Crippen LogP contribution >= 0.6 is 0 Å². The summed E-state index contributed by atoms with van der Waals surface area (Å²) in [7, 11) is 1.44. The quantitative estimate of drug-likeness (QED) is 0.691. The number of aryl methyl sites for hydroxylation is 1. The second-order valence-corrected chi connectivity index (χ2v) is 3.11. The number of hydrogen-bond donors (Lipinski definition) is 0. The van der Waals surface area contributed by atoms with Gasteiger partial charge in [-0.05, 0) is 25.1 Å². The first kappa shape index (κ1) is 8.94. The van der Waals surface area contributed by atoms with Crippen molar-refractivity contribution in [2.45, 2.75) is 6.92 Å². The minimum Gasteiger partial charge on any atom is -0.494 e. The van der Waals surface area contributed by atoms with Crippen molar-refractivity contribution >= 4 is 10.9 Å². The number of methoxy groups -OCH3 is 1. The predicted molar refractivity (Wildman–Crippen MR) is 53.0 cm³/mol. The Balaban J connectivity index is 2.79. The Labute approximate surface area is 81.3 Å². The molecule has 0 amide bonds. The smallest absolute Gasteiger partial charge is 0.191 e. The third kappa shape index (κ3) is 1.31. The van der Waals surface area contributed by atoms with Crippen molar-refractivity contribution in [1.82, 2.24) is 4.98 Å². The fourth-order valence-corrected chi connectivity index (χ4v) is 1.39. The van der Waals surface area contributed by atoms with E-state index in [9.17, 15) is 4.39 Å². The van der Waals surface area contributed by atoms with Gasteiger partial charge < -0.3 is 4.74 Å². The molecule has 0 spiro atoms. The van der Waals surface area contributed by atoms with Crippen LogP contribution in [0.1, 0.15) is 5.69 Å². The summed E-state index contributed by atoms with van der Waals surface area (Å²) in [5.74, 6) is -0.163. The zero-order valence-corrected chi connectivity index (χ0v) is 8.04. The molecule has 2 nitrogen and oxygen atoms in total. The van der Waals surface area contributed by atoms with E-state index in [-0.39, 0.29) is 5.75 Å². The van der Waals surface area contributed by atoms with E-state index >= 15 is 0 Å². The van der Waals surface area contributed by atoms with Crippen molar-refractivity contribution in [2.75, 3.05) is 7.11 Å². The molecule has 2 aromatic rings. The summed E-state index contributed by atoms with van der Waals surface area (Å²) >= 11 is 0. The molecule has 0 radical (unpaired) electrons. The van der Waals surface area contributed by atoms with E-state index in [0.717, 1.165) is 11.1 Å². The standard InChI is InChI=1S/C11H10FNO/c1-7-3-4-8-5-6-9(14-2)10(12)11(8)13-7/h3-6H,1-2H3. The Morgan fingerprint density at radius 2 is 1.93 bits per heavy atom. The number of fused-ring (bicyclic) bond motifs is 1. The third-order valence-corrected chi connectivity index (χ3v) is 2.12. The Kier molecular flexibility index (Phi) is 2.08. The van der Waals surface area contributed by atoms with E-state index in [0.29, 0.717) is 5.52 Å². The van der Waals surface area contributed by atoms with Gasteiger partial charge in [0.2, 0.25) is 0 Å². The molecule has 3 heteroatoms. The first-order chi connectivity index (χ1) is 6.72. The van der Waals surface area contributed by atoms with Crippen LogP contribution in [0.25, 0.3) is 10.9 Å². The monoisotopic (exact) mass is 191 g/mol. The zero-order chi connectivity index (χ0) is 10.1. The normalized spacial score (nSPS) is 10.5. The van der Waals surface area contributed by atoms with Crippen LogP contribution in [0.4, 0.5) is 4.39 Å². The van der Waals surface area contributed by atoms with Gasteiger partial charge in [-0.3, -0.25) is 0 Å². The van der Waals surface area contributed by atoms with Gasteiger partial charge in [0.15, 0.2) is 11.6 Å². The minimum atomic E-state index is -0.395. The summed E-state index contributed by atoms with van der Waals surface area (Å²) in [6.45, 7) is 1.83. The van der Waals surface area contributed by atoms with Gasteiger partial charge in [0, 0.05) is 11.1 Å². The van der Waals surface area contributed by atoms with Crippen LogP contribution in [0.3, 0.4) is 0 Å². The van der Waals surface area contributed by atoms with Crippen molar-refractivity contribution in [3.8, 4) is 5.75 Å². The molecule has 0 saturated carbocycles. The van der Waals surface area contributed by atoms with Gasteiger partial charge >= 0.3 is 0 Å². The molecular formula is C11H10FNO. The third-order valence-electron chi connectivity index (χ3n) is 2.12. The summed E-state index contributed by atoms with van der Waals surface area (Å²) in [4.78, 5) is 4.13. The Hall–Kier alpha value is -1.64. The highest BCUT2D eigenvalue weighted by Crippen LogP contribution is 2.24. The number of hydrogen-bond acceptors (Lipinski definition) is 2. The van der Waals surface area contributed by atoms with Crippen LogP contribution in [0.2, 0.25) is 0 Å². The minimum absolute atomic E-state index is 0.232. The van der Waals surface area contributed by atoms with Crippen LogP contribution in [0.15, 0.2) is 24.3 Å². The van der Waals surface area contributed by atoms with Crippen molar-refractivity contribution in [1.29, 1.82) is 0 Å². The lowest BCUT2D eigenvalue weighted by Crippen LogP contribution is -1.92. The lowest BCUT2D eigenvalue weighted by Gasteiger charge is -2.04. The van der Waals surface area contributed by atoms with E-state index in [1.165, 1.54) is 7.11 Å². The highest BCUT2D eigenvalue weighted by molar-refractivity contribution is 5.80. The van der Waals surface area contributed by atoms with Gasteiger partial charge in [0.25, 0.3) is 0 Å². The Morgan fingerprint density at radius 1 is 1.21 bits per heavy atom. The maximum absolute atomic E-state index is 13.7. The molecule has 0 unspecified atom stereocenters. The molecule has 72 valence electrons. The van der Waals surface area contributed by atoms with Crippen molar-refractivity contribution in [3.05, 3.63) is 35.8 Å². The van der Waals surface area contributed by atoms with E-state index in [1.807, 2.05) is 19.1 Å². The first-order valence-corrected chi connectivity index (χ1v) is 4.32. The molecule has 0 aliphatic carbocycles. The maximum atomic E-state index is 13.7. The molecule has 0 saturated heterocycles. The first-order valence-electron chi connectivity index (χ1n) is 4.32. The fourth-order valence-electron chi connectivity index (χ4n) is 1.39. The largest absolute Gasteiger partial charge is 0.494 e. The summed E-state index contributed by atoms with van der Waals surface area (Å²) < 4.78 is 18.5. The van der Waals surface area contributed by atoms with Gasteiger partial charge in [0.05, 0.1) is 7.11 Å². The SMILES string of the molecule is COc1ccc2ccc(C)nc2c1F.